The number of carbonyl (C=O) groups is 1. The summed E-state index contributed by atoms with van der Waals surface area (Å²) in [5.74, 6) is 0.440. The van der Waals surface area contributed by atoms with Gasteiger partial charge in [0.2, 0.25) is 10.0 Å². The number of ether oxygens (including phenoxy) is 1. The third-order valence-electron chi connectivity index (χ3n) is 5.55. The normalized spacial score (nSPS) is 15.4. The van der Waals surface area contributed by atoms with Crippen LogP contribution in [0.5, 0.6) is 5.75 Å². The molecule has 1 aliphatic carbocycles. The zero-order valence-electron chi connectivity index (χ0n) is 16.7. The first kappa shape index (κ1) is 19.6. The molecule has 7 nitrogen and oxygen atoms in total. The molecule has 1 saturated carbocycles. The van der Waals surface area contributed by atoms with Gasteiger partial charge < -0.3 is 13.7 Å². The van der Waals surface area contributed by atoms with Crippen molar-refractivity contribution >= 4 is 26.8 Å². The lowest BCUT2D eigenvalue weighted by Gasteiger charge is -2.14. The van der Waals surface area contributed by atoms with Crippen molar-refractivity contribution < 1.29 is 22.4 Å². The molecule has 0 atom stereocenters. The van der Waals surface area contributed by atoms with Gasteiger partial charge in [0.15, 0.2) is 5.76 Å². The minimum Gasteiger partial charge on any atom is -0.497 e. The van der Waals surface area contributed by atoms with Crippen LogP contribution < -0.4 is 9.46 Å². The maximum absolute atomic E-state index is 12.1. The molecule has 0 unspecified atom stereocenters. The highest BCUT2D eigenvalue weighted by Gasteiger charge is 2.42. The van der Waals surface area contributed by atoms with E-state index < -0.39 is 15.9 Å². The maximum Gasteiger partial charge on any atom is 0.300 e. The molecule has 0 radical (unpaired) electrons. The molecule has 1 N–H and O–H groups in total. The van der Waals surface area contributed by atoms with E-state index in [1.807, 2.05) is 22.9 Å². The zero-order valence-corrected chi connectivity index (χ0v) is 17.5. The topological polar surface area (TPSA) is 90.5 Å². The quantitative estimate of drug-likeness (QED) is 0.637. The molecule has 3 aromatic rings. The van der Waals surface area contributed by atoms with E-state index in [9.17, 15) is 13.2 Å². The fraction of sp³-hybridized carbons (Fsp3) is 0.381. The Morgan fingerprint density at radius 1 is 1.24 bits per heavy atom. The highest BCUT2D eigenvalue weighted by atomic mass is 32.2. The van der Waals surface area contributed by atoms with Crippen molar-refractivity contribution in [3.05, 3.63) is 53.6 Å². The first-order chi connectivity index (χ1) is 13.7. The summed E-state index contributed by atoms with van der Waals surface area (Å²) in [7, 11) is -1.99. The number of furan rings is 1. The number of benzene rings is 1. The van der Waals surface area contributed by atoms with Gasteiger partial charge in [0.25, 0.3) is 5.91 Å². The average molecular weight is 416 g/mol. The SMILES string of the molecule is CCS(=O)(=O)NC(=O)c1ccc(Cn2c(C3(C)CC3)cc3cc(OC)ccc32)o1. The van der Waals surface area contributed by atoms with E-state index in [1.54, 1.807) is 13.2 Å². The van der Waals surface area contributed by atoms with Gasteiger partial charge in [-0.2, -0.15) is 0 Å². The lowest BCUT2D eigenvalue weighted by molar-refractivity contribution is 0.0952. The smallest absolute Gasteiger partial charge is 0.300 e. The lowest BCUT2D eigenvalue weighted by Crippen LogP contribution is -2.31. The monoisotopic (exact) mass is 416 g/mol. The van der Waals surface area contributed by atoms with Crippen molar-refractivity contribution in [1.82, 2.24) is 9.29 Å². The van der Waals surface area contributed by atoms with Gasteiger partial charge in [-0.3, -0.25) is 4.79 Å². The first-order valence-corrected chi connectivity index (χ1v) is 11.2. The number of nitrogens with one attached hydrogen (secondary N) is 1. The average Bonchev–Trinajstić information content (AvgIpc) is 3.13. The summed E-state index contributed by atoms with van der Waals surface area (Å²) in [6, 6.07) is 11.4. The van der Waals surface area contributed by atoms with E-state index in [1.165, 1.54) is 18.7 Å². The summed E-state index contributed by atoms with van der Waals surface area (Å²) in [6.45, 7) is 4.16. The molecule has 2 aromatic heterocycles. The Bertz CT molecular complexity index is 1190. The molecule has 154 valence electrons. The summed E-state index contributed by atoms with van der Waals surface area (Å²) in [5, 5.41) is 1.09. The summed E-state index contributed by atoms with van der Waals surface area (Å²) < 4.78 is 38.5. The van der Waals surface area contributed by atoms with Crippen LogP contribution >= 0.6 is 0 Å². The molecule has 1 amide bonds. The maximum atomic E-state index is 12.1. The predicted molar refractivity (Wildman–Crippen MR) is 110 cm³/mol. The van der Waals surface area contributed by atoms with E-state index in [0.717, 1.165) is 29.5 Å². The number of rotatable bonds is 7. The van der Waals surface area contributed by atoms with Crippen LogP contribution in [-0.4, -0.2) is 31.8 Å². The number of hydrogen-bond donors (Lipinski definition) is 1. The van der Waals surface area contributed by atoms with Crippen molar-refractivity contribution in [2.45, 2.75) is 38.6 Å². The fourth-order valence-corrected chi connectivity index (χ4v) is 4.02. The summed E-state index contributed by atoms with van der Waals surface area (Å²) in [4.78, 5) is 12.1. The standard InChI is InChI=1S/C21H24N2O5S/c1-4-29(25,26)22-20(24)18-8-6-16(28-18)13-23-17-7-5-15(27-3)11-14(17)12-19(23)21(2)9-10-21/h5-8,11-12H,4,9-10,13H2,1-3H3,(H,22,24). The van der Waals surface area contributed by atoms with Gasteiger partial charge in [-0.05, 0) is 56.2 Å². The second-order valence-electron chi connectivity index (χ2n) is 7.70. The molecular weight excluding hydrogens is 392 g/mol. The summed E-state index contributed by atoms with van der Waals surface area (Å²) in [5.41, 5.74) is 2.41. The fourth-order valence-electron chi connectivity index (χ4n) is 3.49. The number of amides is 1. The van der Waals surface area contributed by atoms with E-state index in [-0.39, 0.29) is 16.9 Å². The Hall–Kier alpha value is -2.74. The van der Waals surface area contributed by atoms with Crippen molar-refractivity contribution in [2.24, 2.45) is 0 Å². The van der Waals surface area contributed by atoms with E-state index >= 15 is 0 Å². The van der Waals surface area contributed by atoms with Gasteiger partial charge in [0, 0.05) is 22.0 Å². The largest absolute Gasteiger partial charge is 0.497 e. The van der Waals surface area contributed by atoms with Crippen LogP contribution in [0.2, 0.25) is 0 Å². The molecule has 29 heavy (non-hydrogen) atoms. The Morgan fingerprint density at radius 3 is 2.66 bits per heavy atom. The van der Waals surface area contributed by atoms with Crippen LogP contribution in [0.4, 0.5) is 0 Å². The number of carbonyl (C=O) groups excluding carboxylic acids is 1. The van der Waals surface area contributed by atoms with Gasteiger partial charge in [0.1, 0.15) is 11.5 Å². The van der Waals surface area contributed by atoms with Crippen molar-refractivity contribution in [3.8, 4) is 5.75 Å². The Morgan fingerprint density at radius 2 is 2.00 bits per heavy atom. The number of hydrogen-bond acceptors (Lipinski definition) is 5. The van der Waals surface area contributed by atoms with Crippen molar-refractivity contribution in [1.29, 1.82) is 0 Å². The minimum absolute atomic E-state index is 0.0191. The summed E-state index contributed by atoms with van der Waals surface area (Å²) >= 11 is 0. The molecule has 1 fully saturated rings. The molecule has 8 heteroatoms. The minimum atomic E-state index is -3.64. The van der Waals surface area contributed by atoms with Gasteiger partial charge in [-0.25, -0.2) is 13.1 Å². The van der Waals surface area contributed by atoms with Crippen LogP contribution in [0, 0.1) is 0 Å². The molecule has 1 aromatic carbocycles. The number of sulfonamides is 1. The van der Waals surface area contributed by atoms with E-state index in [4.69, 9.17) is 9.15 Å². The van der Waals surface area contributed by atoms with E-state index in [0.29, 0.717) is 12.3 Å². The molecule has 0 bridgehead atoms. The Labute approximate surface area is 169 Å². The number of aromatic nitrogens is 1. The van der Waals surface area contributed by atoms with Crippen LogP contribution in [0.1, 0.15) is 48.7 Å². The van der Waals surface area contributed by atoms with E-state index in [2.05, 4.69) is 17.6 Å². The van der Waals surface area contributed by atoms with Crippen LogP contribution in [0.3, 0.4) is 0 Å². The summed E-state index contributed by atoms with van der Waals surface area (Å²) in [6.07, 6.45) is 2.25. The second-order valence-corrected chi connectivity index (χ2v) is 9.71. The predicted octanol–water partition coefficient (Wildman–Crippen LogP) is 3.42. The van der Waals surface area contributed by atoms with Gasteiger partial charge in [-0.15, -0.1) is 0 Å². The number of methoxy groups -OCH3 is 1. The van der Waals surface area contributed by atoms with Gasteiger partial charge in [-0.1, -0.05) is 6.92 Å². The Balaban J connectivity index is 1.66. The molecule has 4 rings (SSSR count). The molecule has 0 spiro atoms. The van der Waals surface area contributed by atoms with Crippen LogP contribution in [0.15, 0.2) is 40.8 Å². The number of fused-ring (bicyclic) bond motifs is 1. The van der Waals surface area contributed by atoms with Gasteiger partial charge >= 0.3 is 0 Å². The molecular formula is C21H24N2O5S. The second kappa shape index (κ2) is 6.95. The lowest BCUT2D eigenvalue weighted by atomic mass is 10.1. The van der Waals surface area contributed by atoms with Crippen molar-refractivity contribution in [3.63, 3.8) is 0 Å². The highest BCUT2D eigenvalue weighted by molar-refractivity contribution is 7.90. The van der Waals surface area contributed by atoms with Crippen LogP contribution in [0.25, 0.3) is 10.9 Å². The van der Waals surface area contributed by atoms with Crippen LogP contribution in [-0.2, 0) is 22.0 Å². The molecule has 0 saturated heterocycles. The van der Waals surface area contributed by atoms with Crippen molar-refractivity contribution in [2.75, 3.05) is 12.9 Å². The highest BCUT2D eigenvalue weighted by Crippen LogP contribution is 2.49. The molecule has 0 aliphatic heterocycles. The third-order valence-corrected chi connectivity index (χ3v) is 6.81. The van der Waals surface area contributed by atoms with Gasteiger partial charge in [0.05, 0.1) is 19.4 Å². The molecule has 2 heterocycles. The number of nitrogens with zero attached hydrogens (tertiary/aromatic N) is 1. The molecule has 1 aliphatic rings. The Kier molecular flexibility index (Phi) is 4.69. The third kappa shape index (κ3) is 3.76. The first-order valence-electron chi connectivity index (χ1n) is 9.56. The zero-order chi connectivity index (χ0) is 20.8.